The second-order valence-electron chi connectivity index (χ2n) is 3.93. The highest BCUT2D eigenvalue weighted by Gasteiger charge is 2.04. The van der Waals surface area contributed by atoms with Crippen molar-refractivity contribution in [3.05, 3.63) is 53.7 Å². The minimum Gasteiger partial charge on any atom is -0.392 e. The molecule has 94 valence electrons. The Kier molecular flexibility index (Phi) is 5.58. The predicted molar refractivity (Wildman–Crippen MR) is 72.9 cm³/mol. The van der Waals surface area contributed by atoms with Crippen LogP contribution in [0.4, 0.5) is 0 Å². The molecule has 0 unspecified atom stereocenters. The van der Waals surface area contributed by atoms with Crippen molar-refractivity contribution in [2.24, 2.45) is 0 Å². The fourth-order valence-electron chi connectivity index (χ4n) is 1.35. The maximum absolute atomic E-state index is 11.5. The number of carbonyl (C=O) groups excluding carboxylic acids is 2. The second kappa shape index (κ2) is 7.22. The SMILES string of the molecule is CN/C(C)=C\C(=O)CC(=O)/C=C/c1ccccc1. The molecular formula is C15H17NO2. The van der Waals surface area contributed by atoms with E-state index >= 15 is 0 Å². The molecule has 3 nitrogen and oxygen atoms in total. The van der Waals surface area contributed by atoms with Crippen LogP contribution in [0.3, 0.4) is 0 Å². The number of rotatable bonds is 6. The van der Waals surface area contributed by atoms with E-state index in [1.165, 1.54) is 12.2 Å². The van der Waals surface area contributed by atoms with Crippen LogP contribution in [0.25, 0.3) is 6.08 Å². The van der Waals surface area contributed by atoms with Crippen LogP contribution in [0.2, 0.25) is 0 Å². The number of ketones is 2. The molecule has 0 bridgehead atoms. The van der Waals surface area contributed by atoms with E-state index < -0.39 is 0 Å². The van der Waals surface area contributed by atoms with Gasteiger partial charge in [-0.3, -0.25) is 9.59 Å². The highest BCUT2D eigenvalue weighted by molar-refractivity contribution is 6.09. The molecule has 1 rings (SSSR count). The zero-order chi connectivity index (χ0) is 13.4. The van der Waals surface area contributed by atoms with Gasteiger partial charge >= 0.3 is 0 Å². The zero-order valence-electron chi connectivity index (χ0n) is 10.6. The fraction of sp³-hybridized carbons (Fsp3) is 0.200. The third kappa shape index (κ3) is 5.25. The molecule has 18 heavy (non-hydrogen) atoms. The molecule has 0 amide bonds. The standard InChI is InChI=1S/C15H17NO2/c1-12(16-2)10-15(18)11-14(17)9-8-13-6-4-3-5-7-13/h3-10,16H,11H2,1-2H3/b9-8+,12-10-. The van der Waals surface area contributed by atoms with E-state index in [-0.39, 0.29) is 18.0 Å². The number of hydrogen-bond acceptors (Lipinski definition) is 3. The van der Waals surface area contributed by atoms with E-state index in [2.05, 4.69) is 5.32 Å². The number of hydrogen-bond donors (Lipinski definition) is 1. The van der Waals surface area contributed by atoms with Crippen LogP contribution in [-0.4, -0.2) is 18.6 Å². The normalized spacial score (nSPS) is 11.6. The summed E-state index contributed by atoms with van der Waals surface area (Å²) in [5, 5.41) is 2.84. The lowest BCUT2D eigenvalue weighted by molar-refractivity contribution is -0.121. The average molecular weight is 243 g/mol. The largest absolute Gasteiger partial charge is 0.392 e. The monoisotopic (exact) mass is 243 g/mol. The van der Waals surface area contributed by atoms with Crippen LogP contribution in [0.5, 0.6) is 0 Å². The Hall–Kier alpha value is -2.16. The summed E-state index contributed by atoms with van der Waals surface area (Å²) < 4.78 is 0. The molecule has 1 aromatic carbocycles. The zero-order valence-corrected chi connectivity index (χ0v) is 10.6. The molecule has 0 saturated heterocycles. The van der Waals surface area contributed by atoms with E-state index in [9.17, 15) is 9.59 Å². The lowest BCUT2D eigenvalue weighted by Crippen LogP contribution is -2.07. The first-order valence-corrected chi connectivity index (χ1v) is 5.76. The first-order chi connectivity index (χ1) is 8.61. The molecule has 1 N–H and O–H groups in total. The van der Waals surface area contributed by atoms with Crippen LogP contribution in [0.15, 0.2) is 48.2 Å². The van der Waals surface area contributed by atoms with E-state index in [1.54, 1.807) is 20.0 Å². The number of allylic oxidation sites excluding steroid dienone is 3. The molecule has 3 heteroatoms. The highest BCUT2D eigenvalue weighted by atomic mass is 16.1. The van der Waals surface area contributed by atoms with Crippen LogP contribution >= 0.6 is 0 Å². The van der Waals surface area contributed by atoms with Crippen molar-refractivity contribution in [2.75, 3.05) is 7.05 Å². The summed E-state index contributed by atoms with van der Waals surface area (Å²) in [6, 6.07) is 9.50. The maximum Gasteiger partial charge on any atom is 0.165 e. The molecule has 1 aromatic rings. The molecule has 0 aliphatic heterocycles. The van der Waals surface area contributed by atoms with Gasteiger partial charge < -0.3 is 5.32 Å². The first-order valence-electron chi connectivity index (χ1n) is 5.76. The Morgan fingerprint density at radius 2 is 1.83 bits per heavy atom. The Balaban J connectivity index is 2.52. The van der Waals surface area contributed by atoms with Gasteiger partial charge in [0.15, 0.2) is 11.6 Å². The molecule has 0 heterocycles. The first kappa shape index (κ1) is 13.9. The van der Waals surface area contributed by atoms with Gasteiger partial charge in [0.25, 0.3) is 0 Å². The van der Waals surface area contributed by atoms with Gasteiger partial charge in [-0.05, 0) is 18.6 Å². The van der Waals surface area contributed by atoms with Crippen molar-refractivity contribution in [1.29, 1.82) is 0 Å². The molecule has 0 spiro atoms. The highest BCUT2D eigenvalue weighted by Crippen LogP contribution is 2.02. The Morgan fingerprint density at radius 1 is 1.17 bits per heavy atom. The summed E-state index contributed by atoms with van der Waals surface area (Å²) in [6.07, 6.45) is 4.50. The Bertz CT molecular complexity index is 473. The van der Waals surface area contributed by atoms with Gasteiger partial charge in [0, 0.05) is 18.8 Å². The smallest absolute Gasteiger partial charge is 0.165 e. The summed E-state index contributed by atoms with van der Waals surface area (Å²) in [7, 11) is 1.73. The van der Waals surface area contributed by atoms with Crippen molar-refractivity contribution in [2.45, 2.75) is 13.3 Å². The van der Waals surface area contributed by atoms with E-state index in [0.717, 1.165) is 11.3 Å². The van der Waals surface area contributed by atoms with Gasteiger partial charge in [-0.15, -0.1) is 0 Å². The fourth-order valence-corrected chi connectivity index (χ4v) is 1.35. The Morgan fingerprint density at radius 3 is 2.44 bits per heavy atom. The lowest BCUT2D eigenvalue weighted by atomic mass is 10.1. The van der Waals surface area contributed by atoms with E-state index in [0.29, 0.717) is 0 Å². The predicted octanol–water partition coefficient (Wildman–Crippen LogP) is 2.35. The molecule has 0 aliphatic rings. The maximum atomic E-state index is 11.5. The summed E-state index contributed by atoms with van der Waals surface area (Å²) in [4.78, 5) is 23.0. The van der Waals surface area contributed by atoms with Crippen LogP contribution < -0.4 is 5.32 Å². The van der Waals surface area contributed by atoms with Gasteiger partial charge in [-0.2, -0.15) is 0 Å². The van der Waals surface area contributed by atoms with Crippen molar-refractivity contribution >= 4 is 17.6 Å². The number of carbonyl (C=O) groups is 2. The summed E-state index contributed by atoms with van der Waals surface area (Å²) in [5.74, 6) is -0.381. The molecule has 0 saturated carbocycles. The molecular weight excluding hydrogens is 226 g/mol. The summed E-state index contributed by atoms with van der Waals surface area (Å²) >= 11 is 0. The minimum absolute atomic E-state index is 0.0949. The molecule has 0 aromatic heterocycles. The van der Waals surface area contributed by atoms with Crippen LogP contribution in [-0.2, 0) is 9.59 Å². The van der Waals surface area contributed by atoms with Gasteiger partial charge in [0.05, 0.1) is 6.42 Å². The van der Waals surface area contributed by atoms with Crippen LogP contribution in [0, 0.1) is 0 Å². The topological polar surface area (TPSA) is 46.2 Å². The molecule has 0 atom stereocenters. The molecule has 0 fully saturated rings. The van der Waals surface area contributed by atoms with Crippen LogP contribution in [0.1, 0.15) is 18.9 Å². The van der Waals surface area contributed by atoms with Gasteiger partial charge in [0.1, 0.15) is 0 Å². The van der Waals surface area contributed by atoms with Crippen molar-refractivity contribution in [1.82, 2.24) is 5.32 Å². The second-order valence-corrected chi connectivity index (χ2v) is 3.93. The summed E-state index contributed by atoms with van der Waals surface area (Å²) in [6.45, 7) is 1.78. The van der Waals surface area contributed by atoms with E-state index in [1.807, 2.05) is 30.3 Å². The van der Waals surface area contributed by atoms with Crippen molar-refractivity contribution < 1.29 is 9.59 Å². The average Bonchev–Trinajstić information content (AvgIpc) is 2.37. The number of nitrogens with one attached hydrogen (secondary N) is 1. The third-order valence-electron chi connectivity index (χ3n) is 2.38. The Labute approximate surface area is 107 Å². The van der Waals surface area contributed by atoms with Crippen molar-refractivity contribution in [3.63, 3.8) is 0 Å². The third-order valence-corrected chi connectivity index (χ3v) is 2.38. The quantitative estimate of drug-likeness (QED) is 0.616. The lowest BCUT2D eigenvalue weighted by Gasteiger charge is -1.97. The van der Waals surface area contributed by atoms with Gasteiger partial charge in [-0.1, -0.05) is 36.4 Å². The molecule has 0 radical (unpaired) electrons. The minimum atomic E-state index is -0.191. The van der Waals surface area contributed by atoms with Crippen molar-refractivity contribution in [3.8, 4) is 0 Å². The van der Waals surface area contributed by atoms with Gasteiger partial charge in [-0.25, -0.2) is 0 Å². The number of benzene rings is 1. The molecule has 0 aliphatic carbocycles. The summed E-state index contributed by atoms with van der Waals surface area (Å²) in [5.41, 5.74) is 1.69. The van der Waals surface area contributed by atoms with E-state index in [4.69, 9.17) is 0 Å². The van der Waals surface area contributed by atoms with Gasteiger partial charge in [0.2, 0.25) is 0 Å².